The number of aromatic carboxylic acids is 1. The van der Waals surface area contributed by atoms with Crippen LogP contribution in [0, 0.1) is 6.92 Å². The van der Waals surface area contributed by atoms with Crippen LogP contribution in [0.2, 0.25) is 0 Å². The molecule has 3 nitrogen and oxygen atoms in total. The lowest BCUT2D eigenvalue weighted by Crippen LogP contribution is -1.96. The normalized spacial score (nSPS) is 9.83. The molecule has 1 rings (SSSR count). The average Bonchev–Trinajstić information content (AvgIpc) is 1.99. The molecule has 0 saturated heterocycles. The largest absolute Gasteiger partial charge is 0.507 e. The second-order valence-electron chi connectivity index (χ2n) is 2.47. The maximum Gasteiger partial charge on any atom is 0.335 e. The highest BCUT2D eigenvalue weighted by molar-refractivity contribution is 7.80. The Balaban J connectivity index is 3.31. The molecule has 0 radical (unpaired) electrons. The average molecular weight is 184 g/mol. The van der Waals surface area contributed by atoms with E-state index < -0.39 is 5.97 Å². The first kappa shape index (κ1) is 8.93. The summed E-state index contributed by atoms with van der Waals surface area (Å²) in [5, 5.41) is 17.9. The molecule has 0 saturated carbocycles. The minimum absolute atomic E-state index is 0.0309. The molecule has 2 N–H and O–H groups in total. The highest BCUT2D eigenvalue weighted by Crippen LogP contribution is 2.26. The van der Waals surface area contributed by atoms with Crippen molar-refractivity contribution in [1.29, 1.82) is 0 Å². The molecule has 0 spiro atoms. The van der Waals surface area contributed by atoms with Crippen LogP contribution in [-0.4, -0.2) is 16.2 Å². The van der Waals surface area contributed by atoms with Crippen molar-refractivity contribution in [3.05, 3.63) is 23.3 Å². The first-order valence-electron chi connectivity index (χ1n) is 3.28. The molecule has 0 heterocycles. The van der Waals surface area contributed by atoms with Crippen LogP contribution in [0.5, 0.6) is 5.75 Å². The molecule has 0 aliphatic rings. The highest BCUT2D eigenvalue weighted by Gasteiger charge is 2.08. The molecule has 0 unspecified atom stereocenters. The number of hydrogen-bond acceptors (Lipinski definition) is 3. The Morgan fingerprint density at radius 1 is 1.50 bits per heavy atom. The van der Waals surface area contributed by atoms with Gasteiger partial charge in [0.1, 0.15) is 5.75 Å². The summed E-state index contributed by atoms with van der Waals surface area (Å²) in [6, 6.07) is 2.71. The third kappa shape index (κ3) is 1.53. The fraction of sp³-hybridized carbons (Fsp3) is 0.125. The molecule has 0 aliphatic heterocycles. The summed E-state index contributed by atoms with van der Waals surface area (Å²) < 4.78 is 0. The van der Waals surface area contributed by atoms with E-state index in [-0.39, 0.29) is 16.2 Å². The lowest BCUT2D eigenvalue weighted by atomic mass is 10.1. The molecule has 0 aliphatic carbocycles. The van der Waals surface area contributed by atoms with Gasteiger partial charge in [0.15, 0.2) is 0 Å². The van der Waals surface area contributed by atoms with E-state index >= 15 is 0 Å². The molecule has 64 valence electrons. The number of aromatic hydroxyl groups is 1. The van der Waals surface area contributed by atoms with Crippen LogP contribution in [0.4, 0.5) is 0 Å². The third-order valence-corrected chi connectivity index (χ3v) is 1.87. The highest BCUT2D eigenvalue weighted by atomic mass is 32.1. The van der Waals surface area contributed by atoms with Crippen molar-refractivity contribution in [1.82, 2.24) is 0 Å². The van der Waals surface area contributed by atoms with E-state index in [0.29, 0.717) is 5.56 Å². The van der Waals surface area contributed by atoms with Gasteiger partial charge in [0.2, 0.25) is 0 Å². The number of phenolic OH excluding ortho intramolecular Hbond substituents is 1. The lowest BCUT2D eigenvalue weighted by molar-refractivity contribution is 0.0696. The molecular formula is C8H8O3S. The number of thiol groups is 1. The molecular weight excluding hydrogens is 176 g/mol. The number of aryl methyl sites for hydroxylation is 1. The van der Waals surface area contributed by atoms with E-state index in [1.807, 2.05) is 0 Å². The molecule has 0 bridgehead atoms. The maximum absolute atomic E-state index is 10.5. The minimum Gasteiger partial charge on any atom is -0.507 e. The smallest absolute Gasteiger partial charge is 0.335 e. The van der Waals surface area contributed by atoms with Crippen LogP contribution >= 0.6 is 12.6 Å². The number of benzene rings is 1. The van der Waals surface area contributed by atoms with Gasteiger partial charge < -0.3 is 10.2 Å². The van der Waals surface area contributed by atoms with Crippen LogP contribution in [0.25, 0.3) is 0 Å². The van der Waals surface area contributed by atoms with Crippen LogP contribution < -0.4 is 0 Å². The third-order valence-electron chi connectivity index (χ3n) is 1.53. The summed E-state index contributed by atoms with van der Waals surface area (Å²) in [6.07, 6.45) is 0. The molecule has 0 atom stereocenters. The number of carboxylic acid groups (broad SMARTS) is 1. The molecule has 1 aromatic carbocycles. The van der Waals surface area contributed by atoms with Crippen LogP contribution in [0.3, 0.4) is 0 Å². The fourth-order valence-electron chi connectivity index (χ4n) is 0.884. The standard InChI is InChI=1S/C8H8O3S/c1-4-2-5(8(10)11)3-6(12)7(4)9/h2-3,9,12H,1H3,(H,10,11). The van der Waals surface area contributed by atoms with E-state index in [1.54, 1.807) is 6.92 Å². The number of rotatable bonds is 1. The van der Waals surface area contributed by atoms with Crippen molar-refractivity contribution >= 4 is 18.6 Å². The predicted molar refractivity (Wildman–Crippen MR) is 47.1 cm³/mol. The van der Waals surface area contributed by atoms with Gasteiger partial charge in [-0.1, -0.05) is 0 Å². The van der Waals surface area contributed by atoms with Gasteiger partial charge in [0.05, 0.1) is 5.56 Å². The predicted octanol–water partition coefficient (Wildman–Crippen LogP) is 1.69. The van der Waals surface area contributed by atoms with E-state index in [0.717, 1.165) is 0 Å². The zero-order valence-electron chi connectivity index (χ0n) is 6.40. The number of carbonyl (C=O) groups is 1. The van der Waals surface area contributed by atoms with Gasteiger partial charge in [-0.3, -0.25) is 0 Å². The quantitative estimate of drug-likeness (QED) is 0.582. The monoisotopic (exact) mass is 184 g/mol. The lowest BCUT2D eigenvalue weighted by Gasteiger charge is -2.03. The Morgan fingerprint density at radius 3 is 2.50 bits per heavy atom. The molecule has 0 amide bonds. The zero-order valence-corrected chi connectivity index (χ0v) is 7.30. The molecule has 4 heteroatoms. The van der Waals surface area contributed by atoms with Crippen molar-refractivity contribution in [2.24, 2.45) is 0 Å². The van der Waals surface area contributed by atoms with Crippen molar-refractivity contribution in [3.8, 4) is 5.75 Å². The van der Waals surface area contributed by atoms with Crippen molar-refractivity contribution in [2.75, 3.05) is 0 Å². The van der Waals surface area contributed by atoms with Crippen LogP contribution in [0.15, 0.2) is 17.0 Å². The van der Waals surface area contributed by atoms with Gasteiger partial charge >= 0.3 is 5.97 Å². The van der Waals surface area contributed by atoms with Gasteiger partial charge in [-0.15, -0.1) is 12.6 Å². The molecule has 12 heavy (non-hydrogen) atoms. The van der Waals surface area contributed by atoms with Crippen LogP contribution in [-0.2, 0) is 0 Å². The maximum atomic E-state index is 10.5. The Hall–Kier alpha value is -1.16. The van der Waals surface area contributed by atoms with Crippen LogP contribution in [0.1, 0.15) is 15.9 Å². The summed E-state index contributed by atoms with van der Waals surface area (Å²) in [6.45, 7) is 1.63. The minimum atomic E-state index is -1.02. The topological polar surface area (TPSA) is 57.5 Å². The summed E-state index contributed by atoms with van der Waals surface area (Å²) in [5.41, 5.74) is 0.648. The van der Waals surface area contributed by atoms with E-state index in [4.69, 9.17) is 5.11 Å². The summed E-state index contributed by atoms with van der Waals surface area (Å²) in [5.74, 6) is -0.989. The van der Waals surface area contributed by atoms with Gasteiger partial charge in [-0.25, -0.2) is 4.79 Å². The van der Waals surface area contributed by atoms with Crippen molar-refractivity contribution in [2.45, 2.75) is 11.8 Å². The SMILES string of the molecule is Cc1cc(C(=O)O)cc(S)c1O. The Bertz CT molecular complexity index is 310. The molecule has 0 aromatic heterocycles. The van der Waals surface area contributed by atoms with Gasteiger partial charge in [0.25, 0.3) is 0 Å². The van der Waals surface area contributed by atoms with Gasteiger partial charge in [0, 0.05) is 4.90 Å². The number of phenols is 1. The Labute approximate surface area is 75.1 Å². The summed E-state index contributed by atoms with van der Waals surface area (Å²) >= 11 is 3.92. The van der Waals surface area contributed by atoms with E-state index in [2.05, 4.69) is 12.6 Å². The fourth-order valence-corrected chi connectivity index (χ4v) is 1.20. The summed E-state index contributed by atoms with van der Waals surface area (Å²) in [7, 11) is 0. The second-order valence-corrected chi connectivity index (χ2v) is 2.95. The molecule has 0 fully saturated rings. The zero-order chi connectivity index (χ0) is 9.30. The van der Waals surface area contributed by atoms with Gasteiger partial charge in [-0.05, 0) is 24.6 Å². The first-order valence-corrected chi connectivity index (χ1v) is 3.73. The summed E-state index contributed by atoms with van der Waals surface area (Å²) in [4.78, 5) is 10.8. The second kappa shape index (κ2) is 3.06. The van der Waals surface area contributed by atoms with Crippen molar-refractivity contribution < 1.29 is 15.0 Å². The number of carboxylic acids is 1. The Kier molecular flexibility index (Phi) is 2.28. The van der Waals surface area contributed by atoms with E-state index in [9.17, 15) is 9.90 Å². The first-order chi connectivity index (χ1) is 5.52. The van der Waals surface area contributed by atoms with Crippen molar-refractivity contribution in [3.63, 3.8) is 0 Å². The van der Waals surface area contributed by atoms with E-state index in [1.165, 1.54) is 12.1 Å². The molecule has 1 aromatic rings. The number of hydrogen-bond donors (Lipinski definition) is 3. The van der Waals surface area contributed by atoms with Gasteiger partial charge in [-0.2, -0.15) is 0 Å². The Morgan fingerprint density at radius 2 is 2.08 bits per heavy atom.